The lowest BCUT2D eigenvalue weighted by molar-refractivity contribution is -0.124. The van der Waals surface area contributed by atoms with E-state index in [-0.39, 0.29) is 10.6 Å². The molecule has 0 unspecified atom stereocenters. The van der Waals surface area contributed by atoms with Crippen LogP contribution in [-0.4, -0.2) is 30.8 Å². The highest BCUT2D eigenvalue weighted by molar-refractivity contribution is 7.98. The Balaban J connectivity index is 1.62. The van der Waals surface area contributed by atoms with Crippen molar-refractivity contribution in [1.29, 1.82) is 0 Å². The van der Waals surface area contributed by atoms with Crippen molar-refractivity contribution in [3.63, 3.8) is 0 Å². The van der Waals surface area contributed by atoms with E-state index in [1.54, 1.807) is 23.1 Å². The molecule has 4 nitrogen and oxygen atoms in total. The summed E-state index contributed by atoms with van der Waals surface area (Å²) in [5.74, 6) is -0.444. The first-order valence-corrected chi connectivity index (χ1v) is 9.46. The number of thioether (sulfide) groups is 1. The van der Waals surface area contributed by atoms with E-state index in [1.165, 1.54) is 17.0 Å². The van der Waals surface area contributed by atoms with Crippen LogP contribution in [0, 0.1) is 5.82 Å². The minimum absolute atomic E-state index is 0.182. The molecule has 1 N–H and O–H groups in total. The number of carbonyl (C=O) groups excluding carboxylic acids is 2. The summed E-state index contributed by atoms with van der Waals surface area (Å²) in [4.78, 5) is 24.6. The third kappa shape index (κ3) is 6.14. The van der Waals surface area contributed by atoms with Gasteiger partial charge in [0.05, 0.1) is 5.56 Å². The van der Waals surface area contributed by atoms with Gasteiger partial charge in [-0.05, 0) is 29.6 Å². The fraction of sp³-hybridized carbons (Fsp3) is 0.250. The molecular formula is C16H15ClFNO3S2. The number of carbonyl (C=O) groups is 2. The maximum atomic E-state index is 13.5. The Bertz CT molecular complexity index is 695. The van der Waals surface area contributed by atoms with Gasteiger partial charge in [-0.3, -0.25) is 4.79 Å². The van der Waals surface area contributed by atoms with E-state index in [9.17, 15) is 14.0 Å². The van der Waals surface area contributed by atoms with Crippen LogP contribution in [0.1, 0.15) is 15.2 Å². The summed E-state index contributed by atoms with van der Waals surface area (Å²) in [5, 5.41) is 4.85. The monoisotopic (exact) mass is 387 g/mol. The second kappa shape index (κ2) is 9.66. The van der Waals surface area contributed by atoms with Crippen molar-refractivity contribution in [3.8, 4) is 0 Å². The van der Waals surface area contributed by atoms with Crippen LogP contribution in [0.15, 0.2) is 35.7 Å². The van der Waals surface area contributed by atoms with Gasteiger partial charge >= 0.3 is 5.97 Å². The van der Waals surface area contributed by atoms with Crippen LogP contribution in [0.25, 0.3) is 0 Å². The molecule has 2 aromatic rings. The number of halogens is 2. The van der Waals surface area contributed by atoms with Crippen LogP contribution in [0.3, 0.4) is 0 Å². The van der Waals surface area contributed by atoms with E-state index < -0.39 is 24.3 Å². The van der Waals surface area contributed by atoms with Gasteiger partial charge in [0.15, 0.2) is 6.61 Å². The number of hydrogen-bond acceptors (Lipinski definition) is 5. The van der Waals surface area contributed by atoms with Gasteiger partial charge in [-0.2, -0.15) is 11.8 Å². The standard InChI is InChI=1S/C16H15ClFNO3S2/c17-11-3-4-13(14(18)8-11)16(21)22-9-15(20)19-5-7-23-10-12-2-1-6-24-12/h1-4,6,8H,5,7,9-10H2,(H,19,20). The number of esters is 1. The van der Waals surface area contributed by atoms with Crippen molar-refractivity contribution in [2.75, 3.05) is 18.9 Å². The molecule has 0 fully saturated rings. The van der Waals surface area contributed by atoms with E-state index >= 15 is 0 Å². The molecule has 0 aliphatic carbocycles. The summed E-state index contributed by atoms with van der Waals surface area (Å²) in [6, 6.07) is 7.68. The topological polar surface area (TPSA) is 55.4 Å². The van der Waals surface area contributed by atoms with Crippen molar-refractivity contribution in [1.82, 2.24) is 5.32 Å². The van der Waals surface area contributed by atoms with Gasteiger partial charge in [0.25, 0.3) is 5.91 Å². The summed E-state index contributed by atoms with van der Waals surface area (Å²) in [6.45, 7) is 0.0260. The lowest BCUT2D eigenvalue weighted by Crippen LogP contribution is -2.30. The second-order valence-corrected chi connectivity index (χ2v) is 7.26. The zero-order chi connectivity index (χ0) is 17.4. The van der Waals surface area contributed by atoms with E-state index in [4.69, 9.17) is 16.3 Å². The third-order valence-electron chi connectivity index (χ3n) is 2.88. The van der Waals surface area contributed by atoms with E-state index in [0.29, 0.717) is 6.54 Å². The Hall–Kier alpha value is -1.57. The predicted molar refractivity (Wildman–Crippen MR) is 95.2 cm³/mol. The molecule has 0 spiro atoms. The molecule has 1 amide bonds. The normalized spacial score (nSPS) is 10.4. The van der Waals surface area contributed by atoms with Crippen LogP contribution < -0.4 is 5.32 Å². The SMILES string of the molecule is O=C(COC(=O)c1ccc(Cl)cc1F)NCCSCc1cccs1. The number of rotatable bonds is 8. The average molecular weight is 388 g/mol. The first-order valence-electron chi connectivity index (χ1n) is 7.05. The summed E-state index contributed by atoms with van der Waals surface area (Å²) >= 11 is 9.00. The van der Waals surface area contributed by atoms with Crippen LogP contribution in [0.2, 0.25) is 5.02 Å². The molecule has 0 saturated carbocycles. The Morgan fingerprint density at radius 2 is 2.17 bits per heavy atom. The average Bonchev–Trinajstić information content (AvgIpc) is 3.05. The highest BCUT2D eigenvalue weighted by atomic mass is 35.5. The summed E-state index contributed by atoms with van der Waals surface area (Å²) in [7, 11) is 0. The van der Waals surface area contributed by atoms with Crippen molar-refractivity contribution < 1.29 is 18.7 Å². The van der Waals surface area contributed by atoms with Gasteiger partial charge < -0.3 is 10.1 Å². The second-order valence-electron chi connectivity index (χ2n) is 4.68. The molecule has 0 radical (unpaired) electrons. The fourth-order valence-corrected chi connectivity index (χ4v) is 3.60. The van der Waals surface area contributed by atoms with Crippen LogP contribution in [0.5, 0.6) is 0 Å². The number of ether oxygens (including phenoxy) is 1. The van der Waals surface area contributed by atoms with Gasteiger partial charge in [-0.15, -0.1) is 11.3 Å². The van der Waals surface area contributed by atoms with Crippen LogP contribution in [0.4, 0.5) is 4.39 Å². The van der Waals surface area contributed by atoms with Gasteiger partial charge in [0, 0.05) is 28.0 Å². The molecule has 1 heterocycles. The number of benzene rings is 1. The first-order chi connectivity index (χ1) is 11.6. The Labute approximate surface area is 152 Å². The maximum Gasteiger partial charge on any atom is 0.341 e. The van der Waals surface area contributed by atoms with Crippen LogP contribution >= 0.6 is 34.7 Å². The molecule has 1 aromatic heterocycles. The molecule has 0 aliphatic rings. The summed E-state index contributed by atoms with van der Waals surface area (Å²) < 4.78 is 18.3. The summed E-state index contributed by atoms with van der Waals surface area (Å²) in [5.41, 5.74) is -0.251. The molecule has 0 atom stereocenters. The molecule has 128 valence electrons. The van der Waals surface area contributed by atoms with Crippen molar-refractivity contribution in [2.45, 2.75) is 5.75 Å². The number of thiophene rings is 1. The lowest BCUT2D eigenvalue weighted by Gasteiger charge is -2.07. The smallest absolute Gasteiger partial charge is 0.341 e. The minimum atomic E-state index is -0.897. The predicted octanol–water partition coefficient (Wildman–Crippen LogP) is 3.75. The molecule has 2 rings (SSSR count). The molecule has 24 heavy (non-hydrogen) atoms. The highest BCUT2D eigenvalue weighted by Crippen LogP contribution is 2.16. The quantitative estimate of drug-likeness (QED) is 0.553. The Morgan fingerprint density at radius 1 is 1.33 bits per heavy atom. The highest BCUT2D eigenvalue weighted by Gasteiger charge is 2.14. The van der Waals surface area contributed by atoms with Crippen molar-refractivity contribution >= 4 is 46.6 Å². The fourth-order valence-electron chi connectivity index (χ4n) is 1.74. The summed E-state index contributed by atoms with van der Waals surface area (Å²) in [6.07, 6.45) is 0. The molecule has 0 aliphatic heterocycles. The maximum absolute atomic E-state index is 13.5. The van der Waals surface area contributed by atoms with Gasteiger partial charge in [0.1, 0.15) is 5.82 Å². The lowest BCUT2D eigenvalue weighted by atomic mass is 10.2. The zero-order valence-electron chi connectivity index (χ0n) is 12.6. The zero-order valence-corrected chi connectivity index (χ0v) is 15.0. The van der Waals surface area contributed by atoms with E-state index in [1.807, 2.05) is 11.4 Å². The number of nitrogens with one attached hydrogen (secondary N) is 1. The number of amides is 1. The third-order valence-corrected chi connectivity index (χ3v) is 5.18. The van der Waals surface area contributed by atoms with E-state index in [0.717, 1.165) is 17.6 Å². The van der Waals surface area contributed by atoms with Crippen molar-refractivity contribution in [3.05, 3.63) is 57.0 Å². The minimum Gasteiger partial charge on any atom is -0.452 e. The molecule has 1 aromatic carbocycles. The molecular weight excluding hydrogens is 373 g/mol. The van der Waals surface area contributed by atoms with Gasteiger partial charge in [-0.1, -0.05) is 17.7 Å². The molecule has 0 bridgehead atoms. The number of hydrogen-bond donors (Lipinski definition) is 1. The Morgan fingerprint density at radius 3 is 2.88 bits per heavy atom. The van der Waals surface area contributed by atoms with Crippen molar-refractivity contribution in [2.24, 2.45) is 0 Å². The largest absolute Gasteiger partial charge is 0.452 e. The first kappa shape index (κ1) is 18.8. The molecule has 0 saturated heterocycles. The van der Waals surface area contributed by atoms with Gasteiger partial charge in [0.2, 0.25) is 0 Å². The van der Waals surface area contributed by atoms with Crippen LogP contribution in [-0.2, 0) is 15.3 Å². The Kier molecular flexibility index (Phi) is 7.55. The van der Waals surface area contributed by atoms with Gasteiger partial charge in [-0.25, -0.2) is 9.18 Å². The van der Waals surface area contributed by atoms with E-state index in [2.05, 4.69) is 11.4 Å². The molecule has 8 heteroatoms.